The number of carbonyl (C=O) groups is 2. The van der Waals surface area contributed by atoms with Crippen molar-refractivity contribution in [2.75, 3.05) is 26.2 Å². The number of nitrogens with zero attached hydrogens (tertiary/aromatic N) is 3. The molecule has 2 amide bonds. The summed E-state index contributed by atoms with van der Waals surface area (Å²) in [5.41, 5.74) is 2.18. The van der Waals surface area contributed by atoms with Crippen LogP contribution in [0.15, 0.2) is 30.3 Å². The van der Waals surface area contributed by atoms with Crippen LogP contribution >= 0.6 is 0 Å². The molecule has 3 rings (SSSR count). The van der Waals surface area contributed by atoms with Crippen molar-refractivity contribution in [3.8, 4) is 0 Å². The molecule has 1 aromatic heterocycles. The molecule has 0 radical (unpaired) electrons. The Morgan fingerprint density at radius 3 is 2.67 bits per heavy atom. The molecule has 1 aliphatic rings. The largest absolute Gasteiger partial charge is 0.354 e. The summed E-state index contributed by atoms with van der Waals surface area (Å²) in [4.78, 5) is 24.3. The van der Waals surface area contributed by atoms with Crippen molar-refractivity contribution in [1.29, 1.82) is 0 Å². The van der Waals surface area contributed by atoms with Crippen LogP contribution in [0.3, 0.4) is 0 Å². The van der Waals surface area contributed by atoms with E-state index < -0.39 is 0 Å². The summed E-state index contributed by atoms with van der Waals surface area (Å²) in [5, 5.41) is 16.9. The second-order valence-electron chi connectivity index (χ2n) is 6.72. The Morgan fingerprint density at radius 2 is 1.93 bits per heavy atom. The maximum Gasteiger partial charge on any atom is 0.274 e. The Balaban J connectivity index is 1.44. The Hall–Kier alpha value is -2.74. The van der Waals surface area contributed by atoms with E-state index >= 15 is 0 Å². The lowest BCUT2D eigenvalue weighted by Gasteiger charge is -2.23. The van der Waals surface area contributed by atoms with E-state index in [2.05, 4.69) is 26.3 Å². The highest BCUT2D eigenvalue weighted by atomic mass is 16.2. The number of amides is 2. The molecule has 0 unspecified atom stereocenters. The molecule has 1 aromatic carbocycles. The summed E-state index contributed by atoms with van der Waals surface area (Å²) in [6.45, 7) is 4.18. The van der Waals surface area contributed by atoms with Crippen LogP contribution in [0.1, 0.15) is 40.6 Å². The van der Waals surface area contributed by atoms with Gasteiger partial charge in [-0.1, -0.05) is 35.5 Å². The van der Waals surface area contributed by atoms with E-state index in [1.165, 1.54) is 0 Å². The molecule has 0 atom stereocenters. The second-order valence-corrected chi connectivity index (χ2v) is 6.72. The molecule has 0 bridgehead atoms. The smallest absolute Gasteiger partial charge is 0.274 e. The molecule has 1 saturated heterocycles. The molecule has 0 saturated carbocycles. The highest BCUT2D eigenvalue weighted by molar-refractivity contribution is 5.95. The fourth-order valence-corrected chi connectivity index (χ4v) is 3.25. The quantitative estimate of drug-likeness (QED) is 0.663. The Kier molecular flexibility index (Phi) is 6.54. The number of benzene rings is 1. The molecule has 8 heteroatoms. The Labute approximate surface area is 158 Å². The van der Waals surface area contributed by atoms with Crippen molar-refractivity contribution in [1.82, 2.24) is 30.9 Å². The number of hydrogen-bond donors (Lipinski definition) is 3. The Bertz CT molecular complexity index is 768. The fourth-order valence-electron chi connectivity index (χ4n) is 3.25. The van der Waals surface area contributed by atoms with Crippen LogP contribution in [0.2, 0.25) is 0 Å². The summed E-state index contributed by atoms with van der Waals surface area (Å²) in [5.74, 6) is -0.589. The molecule has 27 heavy (non-hydrogen) atoms. The van der Waals surface area contributed by atoms with Crippen LogP contribution in [-0.2, 0) is 11.2 Å². The normalized spacial score (nSPS) is 14.7. The van der Waals surface area contributed by atoms with Crippen molar-refractivity contribution in [2.24, 2.45) is 0 Å². The monoisotopic (exact) mass is 370 g/mol. The summed E-state index contributed by atoms with van der Waals surface area (Å²) in [6.07, 6.45) is 2.69. The molecule has 144 valence electrons. The summed E-state index contributed by atoms with van der Waals surface area (Å²) >= 11 is 0. The van der Waals surface area contributed by atoms with Crippen molar-refractivity contribution in [3.63, 3.8) is 0 Å². The van der Waals surface area contributed by atoms with Gasteiger partial charge in [-0.15, -0.1) is 5.10 Å². The van der Waals surface area contributed by atoms with Crippen molar-refractivity contribution >= 4 is 11.8 Å². The molecule has 0 aliphatic carbocycles. The number of nitrogens with one attached hydrogen (secondary N) is 3. The van der Waals surface area contributed by atoms with Crippen LogP contribution in [0, 0.1) is 6.92 Å². The lowest BCUT2D eigenvalue weighted by atomic mass is 10.1. The zero-order valence-electron chi connectivity index (χ0n) is 15.6. The van der Waals surface area contributed by atoms with E-state index in [1.807, 2.05) is 41.9 Å². The number of hydrogen-bond acceptors (Lipinski definition) is 5. The third-order valence-electron chi connectivity index (χ3n) is 4.79. The molecule has 1 aliphatic heterocycles. The molecule has 8 nitrogen and oxygen atoms in total. The van der Waals surface area contributed by atoms with E-state index in [-0.39, 0.29) is 30.1 Å². The van der Waals surface area contributed by atoms with Crippen molar-refractivity contribution in [3.05, 3.63) is 47.3 Å². The number of rotatable bonds is 7. The van der Waals surface area contributed by atoms with Crippen LogP contribution in [-0.4, -0.2) is 53.0 Å². The third-order valence-corrected chi connectivity index (χ3v) is 4.79. The number of piperidine rings is 1. The van der Waals surface area contributed by atoms with Crippen LogP contribution in [0.25, 0.3) is 0 Å². The van der Waals surface area contributed by atoms with Crippen molar-refractivity contribution in [2.45, 2.75) is 32.2 Å². The predicted molar refractivity (Wildman–Crippen MR) is 101 cm³/mol. The second kappa shape index (κ2) is 9.27. The van der Waals surface area contributed by atoms with Gasteiger partial charge >= 0.3 is 0 Å². The fraction of sp³-hybridized carbons (Fsp3) is 0.474. The van der Waals surface area contributed by atoms with Crippen LogP contribution in [0.4, 0.5) is 0 Å². The van der Waals surface area contributed by atoms with Gasteiger partial charge in [0.15, 0.2) is 5.69 Å². The maximum absolute atomic E-state index is 12.3. The van der Waals surface area contributed by atoms with Gasteiger partial charge in [0.1, 0.15) is 0 Å². The zero-order valence-corrected chi connectivity index (χ0v) is 15.6. The van der Waals surface area contributed by atoms with E-state index in [0.29, 0.717) is 6.54 Å². The number of carbonyl (C=O) groups excluding carboxylic acids is 2. The van der Waals surface area contributed by atoms with Crippen molar-refractivity contribution < 1.29 is 9.59 Å². The van der Waals surface area contributed by atoms with Gasteiger partial charge in [-0.25, -0.2) is 4.68 Å². The molecule has 0 spiro atoms. The minimum absolute atomic E-state index is 0.0761. The zero-order chi connectivity index (χ0) is 19.1. The molecule has 3 N–H and O–H groups in total. The average molecular weight is 370 g/mol. The molecule has 2 heterocycles. The molecular formula is C19H26N6O2. The highest BCUT2D eigenvalue weighted by Gasteiger charge is 2.23. The first kappa shape index (κ1) is 19.0. The first-order valence-electron chi connectivity index (χ1n) is 9.36. The van der Waals surface area contributed by atoms with E-state index in [9.17, 15) is 9.59 Å². The predicted octanol–water partition coefficient (Wildman–Crippen LogP) is 0.600. The minimum Gasteiger partial charge on any atom is -0.354 e. The first-order chi connectivity index (χ1) is 13.1. The van der Waals surface area contributed by atoms with E-state index in [1.54, 1.807) is 0 Å². The standard InChI is InChI=1S/C19H26N6O2/c1-14-18(23-24-25(14)16-8-10-20-11-9-16)19(27)22-13-17(26)21-12-7-15-5-3-2-4-6-15/h2-6,16,20H,7-13H2,1H3,(H,21,26)(H,22,27). The third kappa shape index (κ3) is 5.13. The van der Waals surface area contributed by atoms with Crippen LogP contribution in [0.5, 0.6) is 0 Å². The SMILES string of the molecule is Cc1c(C(=O)NCC(=O)NCCc2ccccc2)nnn1C1CCNCC1. The molecule has 1 fully saturated rings. The van der Waals surface area contributed by atoms with E-state index in [4.69, 9.17) is 0 Å². The Morgan fingerprint density at radius 1 is 1.19 bits per heavy atom. The topological polar surface area (TPSA) is 101 Å². The van der Waals surface area contributed by atoms with E-state index in [0.717, 1.165) is 43.6 Å². The lowest BCUT2D eigenvalue weighted by Crippen LogP contribution is -2.38. The average Bonchev–Trinajstić information content (AvgIpc) is 3.09. The van der Waals surface area contributed by atoms with Gasteiger partial charge in [0.2, 0.25) is 5.91 Å². The van der Waals surface area contributed by atoms with Gasteiger partial charge in [-0.3, -0.25) is 9.59 Å². The lowest BCUT2D eigenvalue weighted by molar-refractivity contribution is -0.120. The van der Waals surface area contributed by atoms with Gasteiger partial charge in [-0.2, -0.15) is 0 Å². The van der Waals surface area contributed by atoms with Gasteiger partial charge < -0.3 is 16.0 Å². The molecule has 2 aromatic rings. The van der Waals surface area contributed by atoms with Crippen LogP contribution < -0.4 is 16.0 Å². The summed E-state index contributed by atoms with van der Waals surface area (Å²) in [6, 6.07) is 10.2. The first-order valence-corrected chi connectivity index (χ1v) is 9.36. The highest BCUT2D eigenvalue weighted by Crippen LogP contribution is 2.20. The summed E-state index contributed by atoms with van der Waals surface area (Å²) in [7, 11) is 0. The maximum atomic E-state index is 12.3. The summed E-state index contributed by atoms with van der Waals surface area (Å²) < 4.78 is 1.83. The van der Waals surface area contributed by atoms with Gasteiger partial charge in [0, 0.05) is 6.54 Å². The number of aromatic nitrogens is 3. The van der Waals surface area contributed by atoms with Gasteiger partial charge in [0.05, 0.1) is 18.3 Å². The molecular weight excluding hydrogens is 344 g/mol. The van der Waals surface area contributed by atoms with Gasteiger partial charge in [0.25, 0.3) is 5.91 Å². The minimum atomic E-state index is -0.370. The van der Waals surface area contributed by atoms with Gasteiger partial charge in [-0.05, 0) is 44.8 Å².